The summed E-state index contributed by atoms with van der Waals surface area (Å²) in [5.74, 6) is -0.830. The highest BCUT2D eigenvalue weighted by Gasteiger charge is 2.21. The van der Waals surface area contributed by atoms with Crippen LogP contribution in [0.3, 0.4) is 0 Å². The number of nitrogens with zero attached hydrogens (tertiary/aromatic N) is 1. The molecule has 1 rings (SSSR count). The summed E-state index contributed by atoms with van der Waals surface area (Å²) in [5.41, 5.74) is 0.418. The molecule has 1 unspecified atom stereocenters. The Bertz CT molecular complexity index is 402. The van der Waals surface area contributed by atoms with Crippen molar-refractivity contribution in [2.45, 2.75) is 18.9 Å². The molecule has 5 nitrogen and oxygen atoms in total. The van der Waals surface area contributed by atoms with Gasteiger partial charge in [-0.25, -0.2) is 0 Å². The van der Waals surface area contributed by atoms with Gasteiger partial charge in [0.2, 0.25) is 0 Å². The number of nitroso groups, excluding NO2 is 1. The summed E-state index contributed by atoms with van der Waals surface area (Å²) < 4.78 is 4.44. The quantitative estimate of drug-likeness (QED) is 0.429. The first-order valence-electron chi connectivity index (χ1n) is 5.17. The van der Waals surface area contributed by atoms with E-state index in [2.05, 4.69) is 9.91 Å². The molecule has 17 heavy (non-hydrogen) atoms. The van der Waals surface area contributed by atoms with Crippen LogP contribution in [0.2, 0.25) is 0 Å². The molecule has 0 aliphatic carbocycles. The zero-order chi connectivity index (χ0) is 12.7. The van der Waals surface area contributed by atoms with Gasteiger partial charge in [-0.2, -0.15) is 4.91 Å². The molecule has 0 saturated heterocycles. The van der Waals surface area contributed by atoms with Crippen molar-refractivity contribution >= 4 is 11.8 Å². The van der Waals surface area contributed by atoms with Crippen LogP contribution in [0.4, 0.5) is 0 Å². The molecule has 90 valence electrons. The number of hydrogen-bond acceptors (Lipinski definition) is 5. The van der Waals surface area contributed by atoms with E-state index < -0.39 is 12.0 Å². The molecule has 0 amide bonds. The summed E-state index contributed by atoms with van der Waals surface area (Å²) in [6.45, 7) is 0. The fourth-order valence-corrected chi connectivity index (χ4v) is 1.38. The van der Waals surface area contributed by atoms with E-state index in [1.807, 2.05) is 0 Å². The third-order valence-corrected chi connectivity index (χ3v) is 2.34. The molecule has 0 N–H and O–H groups in total. The maximum absolute atomic E-state index is 11.8. The molecule has 0 aliphatic rings. The van der Waals surface area contributed by atoms with Gasteiger partial charge < -0.3 is 4.74 Å². The van der Waals surface area contributed by atoms with Gasteiger partial charge in [0.15, 0.2) is 11.8 Å². The molecule has 0 spiro atoms. The van der Waals surface area contributed by atoms with E-state index in [0.29, 0.717) is 5.56 Å². The monoisotopic (exact) mass is 235 g/mol. The van der Waals surface area contributed by atoms with Crippen molar-refractivity contribution in [2.75, 3.05) is 7.11 Å². The number of carbonyl (C=O) groups is 2. The van der Waals surface area contributed by atoms with Gasteiger partial charge in [0.05, 0.1) is 7.11 Å². The van der Waals surface area contributed by atoms with Crippen LogP contribution in [0.5, 0.6) is 0 Å². The highest BCUT2D eigenvalue weighted by molar-refractivity contribution is 6.00. The van der Waals surface area contributed by atoms with Crippen LogP contribution in [0.1, 0.15) is 23.2 Å². The van der Waals surface area contributed by atoms with Crippen LogP contribution in [-0.2, 0) is 9.53 Å². The van der Waals surface area contributed by atoms with Crippen molar-refractivity contribution in [1.29, 1.82) is 0 Å². The van der Waals surface area contributed by atoms with Crippen LogP contribution < -0.4 is 0 Å². The van der Waals surface area contributed by atoms with Crippen molar-refractivity contribution in [1.82, 2.24) is 0 Å². The maximum Gasteiger partial charge on any atom is 0.305 e. The van der Waals surface area contributed by atoms with Crippen LogP contribution in [-0.4, -0.2) is 24.9 Å². The zero-order valence-corrected chi connectivity index (χ0v) is 9.46. The highest BCUT2D eigenvalue weighted by Crippen LogP contribution is 2.11. The van der Waals surface area contributed by atoms with E-state index in [-0.39, 0.29) is 18.6 Å². The number of methoxy groups -OCH3 is 1. The Hall–Kier alpha value is -2.04. The Morgan fingerprint density at radius 3 is 2.47 bits per heavy atom. The van der Waals surface area contributed by atoms with Crippen molar-refractivity contribution in [3.8, 4) is 0 Å². The second-order valence-corrected chi connectivity index (χ2v) is 3.47. The SMILES string of the molecule is COC(=O)CCC(N=O)C(=O)c1ccccc1. The summed E-state index contributed by atoms with van der Waals surface area (Å²) in [6, 6.07) is 7.37. The van der Waals surface area contributed by atoms with Gasteiger partial charge in [-0.15, -0.1) is 0 Å². The Morgan fingerprint density at radius 1 is 1.29 bits per heavy atom. The van der Waals surface area contributed by atoms with E-state index in [0.717, 1.165) is 0 Å². The van der Waals surface area contributed by atoms with Gasteiger partial charge in [-0.3, -0.25) is 9.59 Å². The smallest absolute Gasteiger partial charge is 0.305 e. The van der Waals surface area contributed by atoms with Gasteiger partial charge in [-0.1, -0.05) is 35.5 Å². The second-order valence-electron chi connectivity index (χ2n) is 3.47. The lowest BCUT2D eigenvalue weighted by Gasteiger charge is -2.07. The van der Waals surface area contributed by atoms with E-state index in [1.165, 1.54) is 7.11 Å². The minimum atomic E-state index is -1.03. The van der Waals surface area contributed by atoms with Gasteiger partial charge >= 0.3 is 5.97 Å². The molecule has 1 aromatic rings. The Labute approximate surface area is 98.8 Å². The first-order chi connectivity index (χ1) is 8.19. The molecule has 0 heterocycles. The molecule has 5 heteroatoms. The lowest BCUT2D eigenvalue weighted by Crippen LogP contribution is -2.19. The number of carbonyl (C=O) groups excluding carboxylic acids is 2. The first kappa shape index (κ1) is 13.0. The van der Waals surface area contributed by atoms with E-state index in [4.69, 9.17) is 0 Å². The fourth-order valence-electron chi connectivity index (χ4n) is 1.38. The summed E-state index contributed by atoms with van der Waals surface area (Å²) in [6.07, 6.45) is 0.0788. The number of rotatable bonds is 6. The van der Waals surface area contributed by atoms with Crippen molar-refractivity contribution in [3.63, 3.8) is 0 Å². The number of Topliss-reactive ketones (excluding diaryl/α,β-unsaturated/α-hetero) is 1. The second kappa shape index (κ2) is 6.52. The van der Waals surface area contributed by atoms with Gasteiger partial charge in [0.25, 0.3) is 0 Å². The summed E-state index contributed by atoms with van der Waals surface area (Å²) in [5, 5.41) is 2.76. The third-order valence-electron chi connectivity index (χ3n) is 2.34. The Kier molecular flexibility index (Phi) is 5.00. The normalized spacial score (nSPS) is 11.6. The molecule has 0 fully saturated rings. The lowest BCUT2D eigenvalue weighted by molar-refractivity contribution is -0.140. The molecule has 0 bridgehead atoms. The predicted molar refractivity (Wildman–Crippen MR) is 61.6 cm³/mol. The average molecular weight is 235 g/mol. The molecular weight excluding hydrogens is 222 g/mol. The lowest BCUT2D eigenvalue weighted by atomic mass is 10.0. The Morgan fingerprint density at radius 2 is 1.94 bits per heavy atom. The van der Waals surface area contributed by atoms with E-state index >= 15 is 0 Å². The minimum Gasteiger partial charge on any atom is -0.469 e. The van der Waals surface area contributed by atoms with Gasteiger partial charge in [0.1, 0.15) is 0 Å². The zero-order valence-electron chi connectivity index (χ0n) is 9.46. The number of esters is 1. The first-order valence-corrected chi connectivity index (χ1v) is 5.17. The highest BCUT2D eigenvalue weighted by atomic mass is 16.5. The van der Waals surface area contributed by atoms with E-state index in [1.54, 1.807) is 30.3 Å². The van der Waals surface area contributed by atoms with E-state index in [9.17, 15) is 14.5 Å². The van der Waals surface area contributed by atoms with Crippen LogP contribution in [0.25, 0.3) is 0 Å². The van der Waals surface area contributed by atoms with Gasteiger partial charge in [0, 0.05) is 12.0 Å². The molecular formula is C12H13NO4. The topological polar surface area (TPSA) is 72.8 Å². The number of ether oxygens (including phenoxy) is 1. The number of hydrogen-bond donors (Lipinski definition) is 0. The molecule has 1 atom stereocenters. The molecule has 0 aromatic heterocycles. The standard InChI is InChI=1S/C12H13NO4/c1-17-11(14)8-7-10(13-16)12(15)9-5-3-2-4-6-9/h2-6,10H,7-8H2,1H3. The van der Waals surface area contributed by atoms with Crippen LogP contribution in [0, 0.1) is 4.91 Å². The average Bonchev–Trinajstić information content (AvgIpc) is 2.39. The maximum atomic E-state index is 11.8. The summed E-state index contributed by atoms with van der Waals surface area (Å²) in [7, 11) is 1.25. The summed E-state index contributed by atoms with van der Waals surface area (Å²) in [4.78, 5) is 33.3. The molecule has 0 radical (unpaired) electrons. The molecule has 0 aliphatic heterocycles. The van der Waals surface area contributed by atoms with Gasteiger partial charge in [-0.05, 0) is 6.42 Å². The Balaban J connectivity index is 2.65. The van der Waals surface area contributed by atoms with Crippen LogP contribution >= 0.6 is 0 Å². The predicted octanol–water partition coefficient (Wildman–Crippen LogP) is 1.96. The van der Waals surface area contributed by atoms with Crippen molar-refractivity contribution < 1.29 is 14.3 Å². The fraction of sp³-hybridized carbons (Fsp3) is 0.333. The molecule has 1 aromatic carbocycles. The van der Waals surface area contributed by atoms with Crippen molar-refractivity contribution in [3.05, 3.63) is 40.8 Å². The van der Waals surface area contributed by atoms with Crippen molar-refractivity contribution in [2.24, 2.45) is 5.18 Å². The third kappa shape index (κ3) is 3.79. The number of benzene rings is 1. The molecule has 0 saturated carbocycles. The van der Waals surface area contributed by atoms with Crippen LogP contribution in [0.15, 0.2) is 35.5 Å². The minimum absolute atomic E-state index is 0.00544. The summed E-state index contributed by atoms with van der Waals surface area (Å²) >= 11 is 0. The largest absolute Gasteiger partial charge is 0.469 e. The number of ketones is 1.